The van der Waals surface area contributed by atoms with Crippen LogP contribution in [-0.4, -0.2) is 9.96 Å². The van der Waals surface area contributed by atoms with Crippen molar-refractivity contribution in [1.29, 1.82) is 0 Å². The van der Waals surface area contributed by atoms with Crippen LogP contribution in [0.2, 0.25) is 0 Å². The summed E-state index contributed by atoms with van der Waals surface area (Å²) in [6.07, 6.45) is 7.02. The minimum Gasteiger partial charge on any atom is -0.254 e. The molecule has 0 saturated carbocycles. The number of allylic oxidation sites excluding steroid dienone is 4. The molecule has 16 heavy (non-hydrogen) atoms. The molecule has 0 heterocycles. The van der Waals surface area contributed by atoms with Crippen LogP contribution < -0.4 is 0 Å². The average Bonchev–Trinajstić information content (AvgIpc) is 2.35. The van der Waals surface area contributed by atoms with Gasteiger partial charge in [-0.25, -0.2) is 0 Å². The SMILES string of the molecule is C/C=C/C(=C/C)CCS(=O)c1ccccc1. The Morgan fingerprint density at radius 1 is 1.25 bits per heavy atom. The Balaban J connectivity index is 2.54. The van der Waals surface area contributed by atoms with E-state index in [4.69, 9.17) is 0 Å². The van der Waals surface area contributed by atoms with E-state index in [1.54, 1.807) is 0 Å². The molecule has 86 valence electrons. The van der Waals surface area contributed by atoms with Crippen molar-refractivity contribution >= 4 is 10.8 Å². The normalized spacial score (nSPS) is 14.2. The van der Waals surface area contributed by atoms with Crippen molar-refractivity contribution in [2.75, 3.05) is 5.75 Å². The first-order valence-electron chi connectivity index (χ1n) is 5.49. The molecule has 0 bridgehead atoms. The summed E-state index contributed by atoms with van der Waals surface area (Å²) >= 11 is 0. The molecule has 0 amide bonds. The van der Waals surface area contributed by atoms with Crippen LogP contribution in [0.25, 0.3) is 0 Å². The Kier molecular flexibility index (Phi) is 5.79. The van der Waals surface area contributed by atoms with Crippen molar-refractivity contribution in [3.05, 3.63) is 54.1 Å². The zero-order valence-corrected chi connectivity index (χ0v) is 10.7. The summed E-state index contributed by atoms with van der Waals surface area (Å²) in [5.41, 5.74) is 1.24. The largest absolute Gasteiger partial charge is 0.254 e. The van der Waals surface area contributed by atoms with Crippen LogP contribution in [0.4, 0.5) is 0 Å². The molecule has 1 rings (SSSR count). The van der Waals surface area contributed by atoms with Crippen molar-refractivity contribution in [1.82, 2.24) is 0 Å². The highest BCUT2D eigenvalue weighted by Gasteiger charge is 2.03. The van der Waals surface area contributed by atoms with Crippen LogP contribution in [-0.2, 0) is 10.8 Å². The first kappa shape index (κ1) is 12.9. The lowest BCUT2D eigenvalue weighted by molar-refractivity contribution is 0.682. The molecule has 1 nitrogen and oxygen atoms in total. The molecule has 0 aliphatic heterocycles. The Morgan fingerprint density at radius 2 is 1.94 bits per heavy atom. The van der Waals surface area contributed by atoms with E-state index in [1.807, 2.05) is 50.3 Å². The molecule has 0 radical (unpaired) electrons. The van der Waals surface area contributed by atoms with Gasteiger partial charge in [0, 0.05) is 10.6 Å². The minimum absolute atomic E-state index is 0.689. The first-order valence-corrected chi connectivity index (χ1v) is 6.81. The molecule has 0 spiro atoms. The second kappa shape index (κ2) is 7.18. The van der Waals surface area contributed by atoms with Gasteiger partial charge in [-0.2, -0.15) is 0 Å². The monoisotopic (exact) mass is 234 g/mol. The molecule has 1 aromatic carbocycles. The predicted molar refractivity (Wildman–Crippen MR) is 70.9 cm³/mol. The predicted octanol–water partition coefficient (Wildman–Crippen LogP) is 3.71. The fraction of sp³-hybridized carbons (Fsp3) is 0.286. The van der Waals surface area contributed by atoms with Gasteiger partial charge in [-0.3, -0.25) is 4.21 Å². The van der Waals surface area contributed by atoms with Crippen molar-refractivity contribution in [2.24, 2.45) is 0 Å². The zero-order valence-electron chi connectivity index (χ0n) is 9.85. The van der Waals surface area contributed by atoms with Crippen LogP contribution in [0.1, 0.15) is 20.3 Å². The van der Waals surface area contributed by atoms with E-state index in [2.05, 4.69) is 12.2 Å². The maximum Gasteiger partial charge on any atom is 0.0532 e. The fourth-order valence-corrected chi connectivity index (χ4v) is 2.56. The molecular formula is C14H18OS. The second-order valence-corrected chi connectivity index (χ2v) is 5.05. The van der Waals surface area contributed by atoms with Crippen molar-refractivity contribution < 1.29 is 4.21 Å². The van der Waals surface area contributed by atoms with Gasteiger partial charge in [0.2, 0.25) is 0 Å². The van der Waals surface area contributed by atoms with Crippen molar-refractivity contribution in [3.8, 4) is 0 Å². The second-order valence-electron chi connectivity index (χ2n) is 3.48. The van der Waals surface area contributed by atoms with Gasteiger partial charge in [-0.1, -0.05) is 42.0 Å². The van der Waals surface area contributed by atoms with E-state index in [1.165, 1.54) is 5.57 Å². The Morgan fingerprint density at radius 3 is 2.50 bits per heavy atom. The van der Waals surface area contributed by atoms with Gasteiger partial charge < -0.3 is 0 Å². The van der Waals surface area contributed by atoms with Gasteiger partial charge in [-0.15, -0.1) is 0 Å². The van der Waals surface area contributed by atoms with Crippen LogP contribution in [0.15, 0.2) is 59.0 Å². The molecule has 0 aliphatic rings. The third-order valence-electron chi connectivity index (χ3n) is 2.33. The number of benzene rings is 1. The highest BCUT2D eigenvalue weighted by molar-refractivity contribution is 7.85. The Labute approximate surface area is 100 Å². The number of hydrogen-bond acceptors (Lipinski definition) is 1. The first-order chi connectivity index (χ1) is 7.77. The maximum atomic E-state index is 11.9. The molecule has 0 aliphatic carbocycles. The van der Waals surface area contributed by atoms with Gasteiger partial charge in [0.1, 0.15) is 0 Å². The highest BCUT2D eigenvalue weighted by atomic mass is 32.2. The lowest BCUT2D eigenvalue weighted by atomic mass is 10.2. The van der Waals surface area contributed by atoms with Crippen LogP contribution in [0.3, 0.4) is 0 Å². The molecule has 0 aromatic heterocycles. The van der Waals surface area contributed by atoms with Gasteiger partial charge in [-0.05, 0) is 32.4 Å². The third kappa shape index (κ3) is 4.15. The summed E-state index contributed by atoms with van der Waals surface area (Å²) in [6, 6.07) is 9.63. The summed E-state index contributed by atoms with van der Waals surface area (Å²) < 4.78 is 11.9. The molecule has 0 N–H and O–H groups in total. The van der Waals surface area contributed by atoms with Gasteiger partial charge in [0.05, 0.1) is 10.8 Å². The minimum atomic E-state index is -0.884. The molecule has 1 atom stereocenters. The van der Waals surface area contributed by atoms with Crippen LogP contribution in [0.5, 0.6) is 0 Å². The van der Waals surface area contributed by atoms with E-state index in [9.17, 15) is 4.21 Å². The van der Waals surface area contributed by atoms with Gasteiger partial charge in [0.25, 0.3) is 0 Å². The smallest absolute Gasteiger partial charge is 0.0532 e. The van der Waals surface area contributed by atoms with Gasteiger partial charge >= 0.3 is 0 Å². The average molecular weight is 234 g/mol. The quantitative estimate of drug-likeness (QED) is 0.710. The summed E-state index contributed by atoms with van der Waals surface area (Å²) in [5.74, 6) is 0.689. The van der Waals surface area contributed by atoms with Gasteiger partial charge in [0.15, 0.2) is 0 Å². The topological polar surface area (TPSA) is 17.1 Å². The summed E-state index contributed by atoms with van der Waals surface area (Å²) in [5, 5.41) is 0. The van der Waals surface area contributed by atoms with E-state index in [0.29, 0.717) is 5.75 Å². The van der Waals surface area contributed by atoms with Crippen LogP contribution >= 0.6 is 0 Å². The summed E-state index contributed by atoms with van der Waals surface area (Å²) in [6.45, 7) is 4.01. The lowest BCUT2D eigenvalue weighted by Gasteiger charge is -2.03. The number of hydrogen-bond donors (Lipinski definition) is 0. The van der Waals surface area contributed by atoms with Crippen molar-refractivity contribution in [3.63, 3.8) is 0 Å². The molecular weight excluding hydrogens is 216 g/mol. The molecule has 2 heteroatoms. The maximum absolute atomic E-state index is 11.9. The van der Waals surface area contributed by atoms with E-state index >= 15 is 0 Å². The Bertz CT molecular complexity index is 390. The molecule has 0 fully saturated rings. The fourth-order valence-electron chi connectivity index (χ4n) is 1.44. The molecule has 1 aromatic rings. The summed E-state index contributed by atoms with van der Waals surface area (Å²) in [4.78, 5) is 0.915. The van der Waals surface area contributed by atoms with Crippen LogP contribution in [0, 0.1) is 0 Å². The third-order valence-corrected chi connectivity index (χ3v) is 3.71. The molecule has 1 unspecified atom stereocenters. The summed E-state index contributed by atoms with van der Waals surface area (Å²) in [7, 11) is -0.884. The van der Waals surface area contributed by atoms with E-state index in [0.717, 1.165) is 11.3 Å². The van der Waals surface area contributed by atoms with E-state index in [-0.39, 0.29) is 0 Å². The van der Waals surface area contributed by atoms with E-state index < -0.39 is 10.8 Å². The lowest BCUT2D eigenvalue weighted by Crippen LogP contribution is -1.98. The molecule has 0 saturated heterocycles. The van der Waals surface area contributed by atoms with Crippen molar-refractivity contribution in [2.45, 2.75) is 25.2 Å². The standard InChI is InChI=1S/C14H18OS/c1-3-8-13(4-2)11-12-16(15)14-9-6-5-7-10-14/h3-10H,11-12H2,1-2H3/b8-3+,13-4-. The zero-order chi connectivity index (χ0) is 11.8. The Hall–Kier alpha value is -1.15. The number of rotatable bonds is 5. The highest BCUT2D eigenvalue weighted by Crippen LogP contribution is 2.10.